The second-order valence-corrected chi connectivity index (χ2v) is 8.17. The minimum atomic E-state index is -0.0461. The van der Waals surface area contributed by atoms with Gasteiger partial charge in [0.2, 0.25) is 0 Å². The zero-order valence-electron chi connectivity index (χ0n) is 17.1. The molecule has 0 atom stereocenters. The van der Waals surface area contributed by atoms with E-state index >= 15 is 0 Å². The van der Waals surface area contributed by atoms with Crippen LogP contribution in [0.4, 0.5) is 0 Å². The van der Waals surface area contributed by atoms with Crippen LogP contribution in [0.2, 0.25) is 0 Å². The van der Waals surface area contributed by atoms with Crippen LogP contribution < -0.4 is 21.5 Å². The van der Waals surface area contributed by atoms with Crippen LogP contribution in [-0.4, -0.2) is 5.91 Å². The number of hydrogen-bond acceptors (Lipinski definition) is 2. The van der Waals surface area contributed by atoms with Gasteiger partial charge in [-0.25, -0.2) is 0 Å². The second kappa shape index (κ2) is 7.92. The molecule has 0 saturated carbocycles. The summed E-state index contributed by atoms with van der Waals surface area (Å²) in [5.41, 5.74) is 11.5. The summed E-state index contributed by atoms with van der Waals surface area (Å²) in [4.78, 5) is 12.7. The van der Waals surface area contributed by atoms with Crippen molar-refractivity contribution < 1.29 is 4.79 Å². The third kappa shape index (κ3) is 3.46. The first-order valence-electron chi connectivity index (χ1n) is 10.7. The van der Waals surface area contributed by atoms with Crippen molar-refractivity contribution in [2.24, 2.45) is 5.73 Å². The number of rotatable bonds is 4. The van der Waals surface area contributed by atoms with Gasteiger partial charge in [-0.05, 0) is 80.9 Å². The number of fused-ring (bicyclic) bond motifs is 4. The van der Waals surface area contributed by atoms with E-state index in [1.165, 1.54) is 46.0 Å². The van der Waals surface area contributed by atoms with Gasteiger partial charge < -0.3 is 11.1 Å². The maximum Gasteiger partial charge on any atom is 0.251 e. The highest BCUT2D eigenvalue weighted by Crippen LogP contribution is 2.17. The van der Waals surface area contributed by atoms with E-state index in [0.717, 1.165) is 22.8 Å². The second-order valence-electron chi connectivity index (χ2n) is 8.17. The Hall–Kier alpha value is -3.17. The van der Waals surface area contributed by atoms with E-state index in [-0.39, 0.29) is 5.91 Å². The number of amides is 1. The van der Waals surface area contributed by atoms with Crippen LogP contribution in [0.5, 0.6) is 0 Å². The lowest BCUT2D eigenvalue weighted by Crippen LogP contribution is -2.25. The van der Waals surface area contributed by atoms with Crippen molar-refractivity contribution in [3.8, 4) is 0 Å². The zero-order chi connectivity index (χ0) is 20.5. The Morgan fingerprint density at radius 2 is 1.77 bits per heavy atom. The molecule has 3 nitrogen and oxygen atoms in total. The predicted molar refractivity (Wildman–Crippen MR) is 121 cm³/mol. The van der Waals surface area contributed by atoms with Gasteiger partial charge in [0, 0.05) is 18.7 Å². The van der Waals surface area contributed by atoms with E-state index < -0.39 is 0 Å². The lowest BCUT2D eigenvalue weighted by Gasteiger charge is -2.16. The van der Waals surface area contributed by atoms with E-state index in [2.05, 4.69) is 35.7 Å². The van der Waals surface area contributed by atoms with Gasteiger partial charge in [0.25, 0.3) is 5.91 Å². The third-order valence-corrected chi connectivity index (χ3v) is 6.27. The average molecular weight is 395 g/mol. The molecule has 2 aliphatic carbocycles. The molecule has 3 N–H and O–H groups in total. The highest BCUT2D eigenvalue weighted by Gasteiger charge is 2.12. The van der Waals surface area contributed by atoms with Gasteiger partial charge in [-0.3, -0.25) is 4.79 Å². The predicted octanol–water partition coefficient (Wildman–Crippen LogP) is 2.82. The molecule has 3 aromatic carbocycles. The van der Waals surface area contributed by atoms with Gasteiger partial charge in [-0.2, -0.15) is 0 Å². The third-order valence-electron chi connectivity index (χ3n) is 6.27. The Kier molecular flexibility index (Phi) is 4.97. The Labute approximate surface area is 176 Å². The summed E-state index contributed by atoms with van der Waals surface area (Å²) in [5, 5.41) is 8.16. The van der Waals surface area contributed by atoms with Gasteiger partial charge in [-0.1, -0.05) is 54.6 Å². The molecule has 3 heteroatoms. The maximum atomic E-state index is 12.7. The quantitative estimate of drug-likeness (QED) is 0.715. The normalized spacial score (nSPS) is 13.9. The minimum Gasteiger partial charge on any atom is -0.348 e. The van der Waals surface area contributed by atoms with E-state index in [1.807, 2.05) is 36.4 Å². The number of nitrogens with two attached hydrogens (primary N) is 1. The fourth-order valence-electron chi connectivity index (χ4n) is 4.70. The van der Waals surface area contributed by atoms with Crippen molar-refractivity contribution in [1.82, 2.24) is 5.32 Å². The summed E-state index contributed by atoms with van der Waals surface area (Å²) in [6.07, 6.45) is 9.17. The summed E-state index contributed by atoms with van der Waals surface area (Å²) < 4.78 is 0. The van der Waals surface area contributed by atoms with Crippen LogP contribution in [0.25, 0.3) is 12.2 Å². The molecule has 0 heterocycles. The van der Waals surface area contributed by atoms with Crippen LogP contribution in [0.3, 0.4) is 0 Å². The SMILES string of the molecule is NCc1cccc(CNC(=O)c2ccc3c(c2)=CCc2c4c(ccc2=3)=CCCC4)c1. The number of carbonyl (C=O) groups excluding carboxylic acids is 1. The highest BCUT2D eigenvalue weighted by atomic mass is 16.1. The number of nitrogens with one attached hydrogen (secondary N) is 1. The number of carbonyl (C=O) groups is 1. The fourth-order valence-corrected chi connectivity index (χ4v) is 4.70. The molecule has 5 rings (SSSR count). The Morgan fingerprint density at radius 3 is 2.67 bits per heavy atom. The molecule has 0 aliphatic heterocycles. The first-order valence-corrected chi connectivity index (χ1v) is 10.7. The number of hydrogen-bond donors (Lipinski definition) is 2. The highest BCUT2D eigenvalue weighted by molar-refractivity contribution is 5.94. The summed E-state index contributed by atoms with van der Waals surface area (Å²) in [6.45, 7) is 1.00. The minimum absolute atomic E-state index is 0.0461. The molecular formula is C27H26N2O. The van der Waals surface area contributed by atoms with Crippen LogP contribution in [-0.2, 0) is 25.9 Å². The Balaban J connectivity index is 1.46. The van der Waals surface area contributed by atoms with Crippen molar-refractivity contribution in [2.45, 2.75) is 38.8 Å². The van der Waals surface area contributed by atoms with Crippen molar-refractivity contribution in [1.29, 1.82) is 0 Å². The van der Waals surface area contributed by atoms with Gasteiger partial charge in [0.15, 0.2) is 0 Å². The van der Waals surface area contributed by atoms with E-state index in [9.17, 15) is 4.79 Å². The fraction of sp³-hybridized carbons (Fsp3) is 0.222. The molecule has 0 fully saturated rings. The molecular weight excluding hydrogens is 368 g/mol. The van der Waals surface area contributed by atoms with Crippen molar-refractivity contribution in [3.63, 3.8) is 0 Å². The first kappa shape index (κ1) is 18.8. The van der Waals surface area contributed by atoms with Crippen molar-refractivity contribution in [3.05, 3.63) is 103 Å². The molecule has 0 spiro atoms. The van der Waals surface area contributed by atoms with Gasteiger partial charge in [0.05, 0.1) is 0 Å². The molecule has 0 radical (unpaired) electrons. The van der Waals surface area contributed by atoms with Gasteiger partial charge >= 0.3 is 0 Å². The summed E-state index contributed by atoms with van der Waals surface area (Å²) in [7, 11) is 0. The van der Waals surface area contributed by atoms with Crippen molar-refractivity contribution in [2.75, 3.05) is 0 Å². The average Bonchev–Trinajstić information content (AvgIpc) is 2.81. The molecule has 2 aliphatic rings. The summed E-state index contributed by atoms with van der Waals surface area (Å²) in [5.74, 6) is -0.0461. The van der Waals surface area contributed by atoms with Crippen molar-refractivity contribution >= 4 is 18.1 Å². The van der Waals surface area contributed by atoms with Crippen LogP contribution in [0.1, 0.15) is 45.5 Å². The Morgan fingerprint density at radius 1 is 0.900 bits per heavy atom. The lowest BCUT2D eigenvalue weighted by atomic mass is 9.88. The van der Waals surface area contributed by atoms with Crippen LogP contribution >= 0.6 is 0 Å². The maximum absolute atomic E-state index is 12.7. The zero-order valence-corrected chi connectivity index (χ0v) is 17.1. The lowest BCUT2D eigenvalue weighted by molar-refractivity contribution is 0.0951. The molecule has 0 saturated heterocycles. The first-order chi connectivity index (χ1) is 14.7. The van der Waals surface area contributed by atoms with E-state index in [0.29, 0.717) is 18.7 Å². The summed E-state index contributed by atoms with van der Waals surface area (Å²) in [6, 6.07) is 18.6. The van der Waals surface area contributed by atoms with Gasteiger partial charge in [-0.15, -0.1) is 0 Å². The molecule has 30 heavy (non-hydrogen) atoms. The molecule has 0 bridgehead atoms. The Bertz CT molecular complexity index is 1350. The van der Waals surface area contributed by atoms with Crippen LogP contribution in [0, 0.1) is 10.4 Å². The van der Waals surface area contributed by atoms with Crippen LogP contribution in [0.15, 0.2) is 54.6 Å². The van der Waals surface area contributed by atoms with E-state index in [1.54, 1.807) is 0 Å². The molecule has 150 valence electrons. The van der Waals surface area contributed by atoms with E-state index in [4.69, 9.17) is 5.73 Å². The topological polar surface area (TPSA) is 55.1 Å². The molecule has 0 aromatic heterocycles. The standard InChI is InChI=1S/C27H26N2O/c28-16-18-4-3-5-19(14-18)17-29-27(30)22-10-11-24-21(15-22)9-13-25-23-7-2-1-6-20(23)8-12-26(24)25/h3-6,8-12,14-15H,1-2,7,13,16-17,28H2,(H,29,30). The molecule has 3 aromatic rings. The largest absolute Gasteiger partial charge is 0.348 e. The molecule has 0 unspecified atom stereocenters. The molecule has 1 amide bonds. The van der Waals surface area contributed by atoms with Gasteiger partial charge in [0.1, 0.15) is 0 Å². The smallest absolute Gasteiger partial charge is 0.251 e. The summed E-state index contributed by atoms with van der Waals surface area (Å²) >= 11 is 0. The number of benzene rings is 3. The monoisotopic (exact) mass is 394 g/mol.